The average Bonchev–Trinajstić information content (AvgIpc) is 2.72. The molecule has 1 aliphatic heterocycles. The van der Waals surface area contributed by atoms with Gasteiger partial charge in [0.2, 0.25) is 5.91 Å². The van der Waals surface area contributed by atoms with E-state index in [1.54, 1.807) is 4.90 Å². The molecule has 0 bridgehead atoms. The van der Waals surface area contributed by atoms with E-state index in [2.05, 4.69) is 24.8 Å². The summed E-state index contributed by atoms with van der Waals surface area (Å²) in [6, 6.07) is 18.1. The molecule has 2 aromatic carbocycles. The van der Waals surface area contributed by atoms with Crippen LogP contribution < -0.4 is 4.74 Å². The third-order valence-corrected chi connectivity index (χ3v) is 5.56. The molecule has 154 valence electrons. The monoisotopic (exact) mass is 393 g/mol. The molecule has 3 rings (SSSR count). The zero-order valence-electron chi connectivity index (χ0n) is 17.6. The van der Waals surface area contributed by atoms with Crippen LogP contribution >= 0.6 is 0 Å². The standard InChI is InChI=1S/C25H31NO3/c1-5-11-21(16-19-12-7-6-8-13-19)24(27)26(4)25(2,3)29-22-17-20-14-9-10-15-23(20)28-18-22/h5-10,12-15,21-22H,1,11,16-18H2,2-4H3/t21-,22-/m0/s1. The van der Waals surface area contributed by atoms with Crippen molar-refractivity contribution in [2.45, 2.75) is 44.9 Å². The van der Waals surface area contributed by atoms with Gasteiger partial charge in [-0.15, -0.1) is 6.58 Å². The second-order valence-electron chi connectivity index (χ2n) is 8.12. The van der Waals surface area contributed by atoms with Gasteiger partial charge in [0.05, 0.1) is 6.10 Å². The van der Waals surface area contributed by atoms with Gasteiger partial charge in [0.25, 0.3) is 0 Å². The Bertz CT molecular complexity index is 831. The largest absolute Gasteiger partial charge is 0.491 e. The van der Waals surface area contributed by atoms with Crippen LogP contribution in [0.4, 0.5) is 0 Å². The number of hydrogen-bond acceptors (Lipinski definition) is 3. The van der Waals surface area contributed by atoms with E-state index in [1.807, 2.05) is 63.4 Å². The predicted molar refractivity (Wildman–Crippen MR) is 116 cm³/mol. The highest BCUT2D eigenvalue weighted by atomic mass is 16.6. The second-order valence-corrected chi connectivity index (χ2v) is 8.12. The van der Waals surface area contributed by atoms with Crippen LogP contribution in [0.1, 0.15) is 31.4 Å². The number of nitrogens with zero attached hydrogens (tertiary/aromatic N) is 1. The number of carbonyl (C=O) groups excluding carboxylic acids is 1. The third kappa shape index (κ3) is 5.27. The lowest BCUT2D eigenvalue weighted by atomic mass is 9.94. The van der Waals surface area contributed by atoms with Crippen LogP contribution in [-0.4, -0.2) is 36.3 Å². The van der Waals surface area contributed by atoms with Gasteiger partial charge < -0.3 is 14.4 Å². The summed E-state index contributed by atoms with van der Waals surface area (Å²) >= 11 is 0. The molecule has 0 saturated heterocycles. The van der Waals surface area contributed by atoms with Gasteiger partial charge in [-0.25, -0.2) is 0 Å². The summed E-state index contributed by atoms with van der Waals surface area (Å²) < 4.78 is 12.2. The molecule has 0 unspecified atom stereocenters. The number of carbonyl (C=O) groups is 1. The molecule has 0 spiro atoms. The Morgan fingerprint density at radius 1 is 1.24 bits per heavy atom. The Balaban J connectivity index is 1.67. The van der Waals surface area contributed by atoms with E-state index in [0.29, 0.717) is 19.4 Å². The molecule has 1 amide bonds. The molecule has 0 aromatic heterocycles. The van der Waals surface area contributed by atoms with Gasteiger partial charge in [0, 0.05) is 19.4 Å². The lowest BCUT2D eigenvalue weighted by molar-refractivity contribution is -0.183. The lowest BCUT2D eigenvalue weighted by Crippen LogP contribution is -2.52. The van der Waals surface area contributed by atoms with Crippen molar-refractivity contribution in [1.29, 1.82) is 0 Å². The topological polar surface area (TPSA) is 38.8 Å². The molecule has 0 saturated carbocycles. The smallest absolute Gasteiger partial charge is 0.228 e. The summed E-state index contributed by atoms with van der Waals surface area (Å²) in [7, 11) is 1.82. The molecule has 1 aliphatic rings. The Kier molecular flexibility index (Phi) is 6.75. The Morgan fingerprint density at radius 3 is 2.66 bits per heavy atom. The summed E-state index contributed by atoms with van der Waals surface area (Å²) in [5, 5.41) is 0. The quantitative estimate of drug-likeness (QED) is 0.485. The van der Waals surface area contributed by atoms with Crippen LogP contribution in [0.5, 0.6) is 5.75 Å². The maximum absolute atomic E-state index is 13.3. The Morgan fingerprint density at radius 2 is 1.93 bits per heavy atom. The summed E-state index contributed by atoms with van der Waals surface area (Å²) in [5.74, 6) is 0.825. The first kappa shape index (κ1) is 21.1. The van der Waals surface area contributed by atoms with Crippen molar-refractivity contribution in [3.63, 3.8) is 0 Å². The molecule has 4 nitrogen and oxygen atoms in total. The molecule has 4 heteroatoms. The number of amides is 1. The van der Waals surface area contributed by atoms with Crippen LogP contribution in [0.15, 0.2) is 67.3 Å². The van der Waals surface area contributed by atoms with Crippen LogP contribution in [0, 0.1) is 5.92 Å². The molecule has 2 aromatic rings. The number of rotatable bonds is 8. The van der Waals surface area contributed by atoms with Crippen molar-refractivity contribution in [3.8, 4) is 5.75 Å². The summed E-state index contributed by atoms with van der Waals surface area (Å²) in [6.07, 6.45) is 3.82. The van der Waals surface area contributed by atoms with Crippen molar-refractivity contribution in [1.82, 2.24) is 4.90 Å². The van der Waals surface area contributed by atoms with Crippen molar-refractivity contribution >= 4 is 5.91 Å². The zero-order valence-corrected chi connectivity index (χ0v) is 17.6. The minimum absolute atomic E-state index is 0.0656. The number of para-hydroxylation sites is 1. The number of fused-ring (bicyclic) bond motifs is 1. The van der Waals surface area contributed by atoms with E-state index in [-0.39, 0.29) is 17.9 Å². The number of benzene rings is 2. The minimum Gasteiger partial charge on any atom is -0.491 e. The first-order valence-electron chi connectivity index (χ1n) is 10.2. The lowest BCUT2D eigenvalue weighted by Gasteiger charge is -2.41. The van der Waals surface area contributed by atoms with Gasteiger partial charge in [-0.05, 0) is 43.9 Å². The SMILES string of the molecule is C=CC[C@@H](Cc1ccccc1)C(=O)N(C)C(C)(C)O[C@@H]1COc2ccccc2C1. The molecular weight excluding hydrogens is 362 g/mol. The number of allylic oxidation sites excluding steroid dienone is 1. The van der Waals surface area contributed by atoms with Crippen molar-refractivity contribution in [2.75, 3.05) is 13.7 Å². The Hall–Kier alpha value is -2.59. The van der Waals surface area contributed by atoms with Crippen LogP contribution in [0.25, 0.3) is 0 Å². The van der Waals surface area contributed by atoms with E-state index in [9.17, 15) is 4.79 Å². The fourth-order valence-electron chi connectivity index (χ4n) is 3.77. The molecule has 0 fully saturated rings. The van der Waals surface area contributed by atoms with E-state index in [1.165, 1.54) is 0 Å². The summed E-state index contributed by atoms with van der Waals surface area (Å²) in [5.41, 5.74) is 1.55. The molecule has 2 atom stereocenters. The van der Waals surface area contributed by atoms with Gasteiger partial charge in [-0.3, -0.25) is 4.79 Å². The molecule has 0 radical (unpaired) electrons. The van der Waals surface area contributed by atoms with Crippen LogP contribution in [0.2, 0.25) is 0 Å². The van der Waals surface area contributed by atoms with E-state index in [4.69, 9.17) is 9.47 Å². The van der Waals surface area contributed by atoms with Crippen molar-refractivity contribution in [3.05, 3.63) is 78.4 Å². The van der Waals surface area contributed by atoms with Gasteiger partial charge >= 0.3 is 0 Å². The predicted octanol–water partition coefficient (Wildman–Crippen LogP) is 4.64. The maximum atomic E-state index is 13.3. The van der Waals surface area contributed by atoms with Crippen LogP contribution in [-0.2, 0) is 22.4 Å². The average molecular weight is 394 g/mol. The summed E-state index contributed by atoms with van der Waals surface area (Å²) in [6.45, 7) is 8.22. The maximum Gasteiger partial charge on any atom is 0.228 e. The fourth-order valence-corrected chi connectivity index (χ4v) is 3.77. The molecule has 29 heavy (non-hydrogen) atoms. The molecule has 0 N–H and O–H groups in total. The fraction of sp³-hybridized carbons (Fsp3) is 0.400. The first-order chi connectivity index (χ1) is 13.9. The van der Waals surface area contributed by atoms with Gasteiger partial charge in [0.1, 0.15) is 18.1 Å². The third-order valence-electron chi connectivity index (χ3n) is 5.56. The molecule has 1 heterocycles. The van der Waals surface area contributed by atoms with Crippen molar-refractivity contribution in [2.24, 2.45) is 5.92 Å². The second kappa shape index (κ2) is 9.27. The van der Waals surface area contributed by atoms with E-state index < -0.39 is 5.72 Å². The van der Waals surface area contributed by atoms with E-state index >= 15 is 0 Å². The van der Waals surface area contributed by atoms with Gasteiger partial charge in [-0.2, -0.15) is 0 Å². The van der Waals surface area contributed by atoms with E-state index in [0.717, 1.165) is 23.3 Å². The number of hydrogen-bond donors (Lipinski definition) is 0. The highest BCUT2D eigenvalue weighted by Gasteiger charge is 2.35. The zero-order chi connectivity index (χ0) is 20.9. The molecule has 0 aliphatic carbocycles. The normalized spacial score (nSPS) is 17.0. The van der Waals surface area contributed by atoms with Gasteiger partial charge in [0.15, 0.2) is 0 Å². The Labute approximate surface area is 174 Å². The van der Waals surface area contributed by atoms with Crippen molar-refractivity contribution < 1.29 is 14.3 Å². The highest BCUT2D eigenvalue weighted by molar-refractivity contribution is 5.79. The minimum atomic E-state index is -0.743. The highest BCUT2D eigenvalue weighted by Crippen LogP contribution is 2.29. The van der Waals surface area contributed by atoms with Crippen LogP contribution in [0.3, 0.4) is 0 Å². The van der Waals surface area contributed by atoms with Gasteiger partial charge in [-0.1, -0.05) is 54.6 Å². The summed E-state index contributed by atoms with van der Waals surface area (Å²) in [4.78, 5) is 15.0. The first-order valence-corrected chi connectivity index (χ1v) is 10.2. The molecular formula is C25H31NO3. The number of ether oxygens (including phenoxy) is 2.